The summed E-state index contributed by atoms with van der Waals surface area (Å²) in [6, 6.07) is 14.3. The van der Waals surface area contributed by atoms with Crippen LogP contribution >= 0.6 is 0 Å². The topological polar surface area (TPSA) is 103 Å². The molecular weight excluding hydrogens is 460 g/mol. The van der Waals surface area contributed by atoms with Crippen LogP contribution in [0.4, 0.5) is 0 Å². The van der Waals surface area contributed by atoms with Crippen LogP contribution in [0, 0.1) is 0 Å². The molecule has 0 atom stereocenters. The van der Waals surface area contributed by atoms with Gasteiger partial charge in [-0.05, 0) is 36.4 Å². The van der Waals surface area contributed by atoms with Crippen LogP contribution in [0.2, 0.25) is 0 Å². The maximum absolute atomic E-state index is 9.87. The maximum Gasteiger partial charge on any atom is 0.196 e. The Balaban J connectivity index is 1.40. The molecule has 3 aromatic carbocycles. The first-order chi connectivity index (χ1) is 17.5. The lowest BCUT2D eigenvalue weighted by molar-refractivity contribution is 0.474. The van der Waals surface area contributed by atoms with E-state index in [1.54, 1.807) is 24.3 Å². The SMILES string of the molecule is Cn1c2c3ccc(O)cc3oc2c2oc3cc4c(cc3c21)oc1c2oc3cc(O)ccc3c2n(C)c41. The van der Waals surface area contributed by atoms with E-state index in [0.29, 0.717) is 33.5 Å². The lowest BCUT2D eigenvalue weighted by atomic mass is 10.2. The fourth-order valence-corrected chi connectivity index (χ4v) is 5.97. The van der Waals surface area contributed by atoms with E-state index in [1.807, 2.05) is 38.4 Å². The zero-order valence-corrected chi connectivity index (χ0v) is 19.0. The highest BCUT2D eigenvalue weighted by Gasteiger charge is 2.26. The van der Waals surface area contributed by atoms with E-state index in [-0.39, 0.29) is 11.5 Å². The molecule has 6 heterocycles. The number of nitrogens with zero attached hydrogens (tertiary/aromatic N) is 2. The van der Waals surface area contributed by atoms with Gasteiger partial charge in [0.25, 0.3) is 0 Å². The van der Waals surface area contributed by atoms with Crippen LogP contribution in [0.25, 0.3) is 88.3 Å². The Bertz CT molecular complexity index is 2250. The number of hydrogen-bond acceptors (Lipinski definition) is 6. The van der Waals surface area contributed by atoms with Crippen molar-refractivity contribution < 1.29 is 27.9 Å². The van der Waals surface area contributed by atoms with E-state index in [9.17, 15) is 10.2 Å². The fourth-order valence-electron chi connectivity index (χ4n) is 5.97. The highest BCUT2D eigenvalue weighted by Crippen LogP contribution is 2.45. The third kappa shape index (κ3) is 1.92. The van der Waals surface area contributed by atoms with Crippen LogP contribution in [-0.2, 0) is 14.1 Å². The van der Waals surface area contributed by atoms with Crippen molar-refractivity contribution in [2.75, 3.05) is 0 Å². The molecule has 9 rings (SSSR count). The van der Waals surface area contributed by atoms with Crippen molar-refractivity contribution in [3.8, 4) is 11.5 Å². The standard InChI is InChI=1S/C28H16N2O6/c1-29-21-13-5-3-11(31)7-17(13)33-25(21)27-23(29)15-9-20-16(10-19(15)35-27)24-28(36-20)26-22(30(24)2)14-6-4-12(32)8-18(14)34-26/h3-10,31-32H,1-2H3. The summed E-state index contributed by atoms with van der Waals surface area (Å²) in [5, 5.41) is 23.4. The van der Waals surface area contributed by atoms with Crippen molar-refractivity contribution in [1.29, 1.82) is 0 Å². The molecule has 174 valence electrons. The van der Waals surface area contributed by atoms with Crippen LogP contribution < -0.4 is 0 Å². The average Bonchev–Trinajstić information content (AvgIpc) is 3.64. The van der Waals surface area contributed by atoms with Crippen molar-refractivity contribution in [1.82, 2.24) is 9.13 Å². The smallest absolute Gasteiger partial charge is 0.196 e. The highest BCUT2D eigenvalue weighted by molar-refractivity contribution is 6.24. The number of aryl methyl sites for hydroxylation is 2. The maximum atomic E-state index is 9.87. The Morgan fingerprint density at radius 3 is 1.19 bits per heavy atom. The number of aromatic nitrogens is 2. The van der Waals surface area contributed by atoms with Crippen LogP contribution in [0.1, 0.15) is 0 Å². The Hall–Kier alpha value is -4.98. The number of rotatable bonds is 0. The van der Waals surface area contributed by atoms with E-state index in [2.05, 4.69) is 9.13 Å². The van der Waals surface area contributed by atoms with Crippen molar-refractivity contribution in [2.24, 2.45) is 14.1 Å². The Kier molecular flexibility index (Phi) is 2.87. The second-order valence-corrected chi connectivity index (χ2v) is 9.44. The van der Waals surface area contributed by atoms with Gasteiger partial charge in [-0.3, -0.25) is 0 Å². The Morgan fingerprint density at radius 1 is 0.472 bits per heavy atom. The summed E-state index contributed by atoms with van der Waals surface area (Å²) in [4.78, 5) is 0. The van der Waals surface area contributed by atoms with Gasteiger partial charge in [0.2, 0.25) is 0 Å². The molecular formula is C28H16N2O6. The molecule has 2 N–H and O–H groups in total. The van der Waals surface area contributed by atoms with Crippen molar-refractivity contribution in [3.05, 3.63) is 48.5 Å². The molecule has 0 saturated carbocycles. The number of benzene rings is 3. The summed E-state index contributed by atoms with van der Waals surface area (Å²) in [6.45, 7) is 0. The molecule has 0 bridgehead atoms. The van der Waals surface area contributed by atoms with E-state index in [4.69, 9.17) is 17.7 Å². The third-order valence-electron chi connectivity index (χ3n) is 7.50. The predicted octanol–water partition coefficient (Wildman–Crippen LogP) is 7.37. The van der Waals surface area contributed by atoms with Gasteiger partial charge < -0.3 is 37.0 Å². The number of phenolic OH excluding ortho intramolecular Hbond substituents is 2. The third-order valence-corrected chi connectivity index (χ3v) is 7.50. The van der Waals surface area contributed by atoms with E-state index in [0.717, 1.165) is 54.8 Å². The molecule has 36 heavy (non-hydrogen) atoms. The van der Waals surface area contributed by atoms with Gasteiger partial charge in [-0.2, -0.15) is 0 Å². The predicted molar refractivity (Wildman–Crippen MR) is 137 cm³/mol. The van der Waals surface area contributed by atoms with E-state index < -0.39 is 0 Å². The molecule has 0 fully saturated rings. The molecule has 0 radical (unpaired) electrons. The number of furan rings is 4. The fraction of sp³-hybridized carbons (Fsp3) is 0.0714. The van der Waals surface area contributed by atoms with Gasteiger partial charge in [0.05, 0.1) is 22.1 Å². The van der Waals surface area contributed by atoms with Gasteiger partial charge in [-0.25, -0.2) is 0 Å². The van der Waals surface area contributed by atoms with Crippen LogP contribution in [0.5, 0.6) is 11.5 Å². The van der Waals surface area contributed by atoms with Crippen LogP contribution in [0.15, 0.2) is 66.2 Å². The second kappa shape index (κ2) is 5.63. The van der Waals surface area contributed by atoms with Gasteiger partial charge in [0, 0.05) is 47.8 Å². The Labute approximate surface area is 199 Å². The summed E-state index contributed by atoms with van der Waals surface area (Å²) in [5.41, 5.74) is 8.96. The van der Waals surface area contributed by atoms with Gasteiger partial charge in [-0.1, -0.05) is 0 Å². The summed E-state index contributed by atoms with van der Waals surface area (Å²) in [5.74, 6) is 0.314. The van der Waals surface area contributed by atoms with E-state index in [1.165, 1.54) is 0 Å². The van der Waals surface area contributed by atoms with Crippen LogP contribution in [0.3, 0.4) is 0 Å². The molecule has 0 spiro atoms. The molecule has 0 unspecified atom stereocenters. The Morgan fingerprint density at radius 2 is 0.806 bits per heavy atom. The molecule has 6 aromatic heterocycles. The monoisotopic (exact) mass is 476 g/mol. The molecule has 0 aliphatic heterocycles. The molecule has 8 heteroatoms. The first-order valence-corrected chi connectivity index (χ1v) is 11.5. The van der Waals surface area contributed by atoms with Crippen molar-refractivity contribution >= 4 is 88.3 Å². The lowest BCUT2D eigenvalue weighted by Crippen LogP contribution is -1.87. The van der Waals surface area contributed by atoms with Crippen molar-refractivity contribution in [3.63, 3.8) is 0 Å². The quantitative estimate of drug-likeness (QED) is 0.237. The number of phenols is 2. The summed E-state index contributed by atoms with van der Waals surface area (Å²) in [6.07, 6.45) is 0. The second-order valence-electron chi connectivity index (χ2n) is 9.44. The highest BCUT2D eigenvalue weighted by atomic mass is 16.4. The minimum Gasteiger partial charge on any atom is -0.508 e. The summed E-state index contributed by atoms with van der Waals surface area (Å²) >= 11 is 0. The molecule has 0 aliphatic rings. The lowest BCUT2D eigenvalue weighted by Gasteiger charge is -1.99. The summed E-state index contributed by atoms with van der Waals surface area (Å²) in [7, 11) is 3.97. The largest absolute Gasteiger partial charge is 0.508 e. The number of hydrogen-bond donors (Lipinski definition) is 2. The zero-order valence-electron chi connectivity index (χ0n) is 19.0. The molecule has 0 saturated heterocycles. The zero-order chi connectivity index (χ0) is 24.0. The van der Waals surface area contributed by atoms with Crippen molar-refractivity contribution in [2.45, 2.75) is 0 Å². The minimum atomic E-state index is 0.157. The molecule has 8 nitrogen and oxygen atoms in total. The first kappa shape index (κ1) is 18.4. The number of aromatic hydroxyl groups is 2. The van der Waals surface area contributed by atoms with Gasteiger partial charge in [0.1, 0.15) is 33.8 Å². The van der Waals surface area contributed by atoms with Crippen LogP contribution in [-0.4, -0.2) is 19.3 Å². The van der Waals surface area contributed by atoms with E-state index >= 15 is 0 Å². The van der Waals surface area contributed by atoms with Gasteiger partial charge in [-0.15, -0.1) is 0 Å². The molecule has 0 aliphatic carbocycles. The number of fused-ring (bicyclic) bond motifs is 14. The summed E-state index contributed by atoms with van der Waals surface area (Å²) < 4.78 is 29.1. The van der Waals surface area contributed by atoms with Gasteiger partial charge in [0.15, 0.2) is 22.3 Å². The first-order valence-electron chi connectivity index (χ1n) is 11.5. The molecule has 0 amide bonds. The van der Waals surface area contributed by atoms with Gasteiger partial charge >= 0.3 is 0 Å². The molecule has 9 aromatic rings. The normalized spacial score (nSPS) is 12.9. The minimum absolute atomic E-state index is 0.157. The average molecular weight is 476 g/mol.